The Morgan fingerprint density at radius 3 is 2.50 bits per heavy atom. The minimum atomic E-state index is -1.08. The molecule has 2 nitrogen and oxygen atoms in total. The molecule has 68 valence electrons. The Balaban J connectivity index is 2.66. The highest BCUT2D eigenvalue weighted by Crippen LogP contribution is 2.26. The van der Waals surface area contributed by atoms with Gasteiger partial charge in [-0.3, -0.25) is 4.79 Å². The van der Waals surface area contributed by atoms with E-state index in [9.17, 15) is 13.6 Å². The Kier molecular flexibility index (Phi) is 1.68. The maximum Gasteiger partial charge on any atom is 0.204 e. The molecular weight excluding hydrogens is 188 g/mol. The summed E-state index contributed by atoms with van der Waals surface area (Å²) in [5.41, 5.74) is 0.205. The first-order valence-electron chi connectivity index (χ1n) is 3.79. The molecule has 0 unspecified atom stereocenters. The van der Waals surface area contributed by atoms with E-state index in [1.54, 1.807) is 6.07 Å². The van der Waals surface area contributed by atoms with Gasteiger partial charge in [0.05, 0.1) is 0 Å². The van der Waals surface area contributed by atoms with Crippen LogP contribution in [-0.4, -0.2) is 5.78 Å². The predicted molar refractivity (Wildman–Crippen MR) is 44.3 cm³/mol. The third kappa shape index (κ3) is 1.03. The highest BCUT2D eigenvalue weighted by Gasteiger charge is 2.24. The van der Waals surface area contributed by atoms with E-state index in [-0.39, 0.29) is 16.7 Å². The smallest absolute Gasteiger partial charge is 0.204 e. The fourth-order valence-corrected chi connectivity index (χ4v) is 1.33. The third-order valence-corrected chi connectivity index (χ3v) is 2.00. The number of carbonyl (C=O) groups is 1. The summed E-state index contributed by atoms with van der Waals surface area (Å²) in [6.45, 7) is 0. The summed E-state index contributed by atoms with van der Waals surface area (Å²) in [7, 11) is 0. The standard InChI is InChI=1S/C10H3F2NO/c11-8-2-5-1-6(4-13)10(14)7(5)3-9(8)12/h1-3H. The van der Waals surface area contributed by atoms with Gasteiger partial charge < -0.3 is 0 Å². The SMILES string of the molecule is N#CC1=Cc2cc(F)c(F)cc2C1=O. The molecule has 0 spiro atoms. The number of allylic oxidation sites excluding steroid dienone is 1. The lowest BCUT2D eigenvalue weighted by molar-refractivity contribution is 0.104. The lowest BCUT2D eigenvalue weighted by Gasteiger charge is -1.97. The minimum absolute atomic E-state index is 0.0421. The van der Waals surface area contributed by atoms with Gasteiger partial charge in [0.15, 0.2) is 11.6 Å². The number of nitriles is 1. The van der Waals surface area contributed by atoms with Crippen molar-refractivity contribution in [1.82, 2.24) is 0 Å². The summed E-state index contributed by atoms with van der Waals surface area (Å²) in [4.78, 5) is 11.3. The zero-order valence-electron chi connectivity index (χ0n) is 6.84. The van der Waals surface area contributed by atoms with Crippen molar-refractivity contribution in [2.24, 2.45) is 0 Å². The summed E-state index contributed by atoms with van der Waals surface area (Å²) in [5, 5.41) is 8.52. The van der Waals surface area contributed by atoms with E-state index in [1.807, 2.05) is 0 Å². The van der Waals surface area contributed by atoms with Crippen LogP contribution in [-0.2, 0) is 0 Å². The topological polar surface area (TPSA) is 40.9 Å². The fraction of sp³-hybridized carbons (Fsp3) is 0. The van der Waals surface area contributed by atoms with E-state index in [1.165, 1.54) is 6.08 Å². The van der Waals surface area contributed by atoms with Gasteiger partial charge in [-0.2, -0.15) is 5.26 Å². The number of Topliss-reactive ketones (excluding diaryl/α,β-unsaturated/α-hetero) is 1. The third-order valence-electron chi connectivity index (χ3n) is 2.00. The lowest BCUT2D eigenvalue weighted by atomic mass is 10.1. The monoisotopic (exact) mass is 191 g/mol. The van der Waals surface area contributed by atoms with Gasteiger partial charge in [0, 0.05) is 5.56 Å². The van der Waals surface area contributed by atoms with Crippen LogP contribution >= 0.6 is 0 Å². The van der Waals surface area contributed by atoms with Crippen LogP contribution < -0.4 is 0 Å². The van der Waals surface area contributed by atoms with Gasteiger partial charge in [0.2, 0.25) is 5.78 Å². The van der Waals surface area contributed by atoms with Gasteiger partial charge >= 0.3 is 0 Å². The molecule has 0 saturated carbocycles. The fourth-order valence-electron chi connectivity index (χ4n) is 1.33. The Bertz CT molecular complexity index is 512. The summed E-state index contributed by atoms with van der Waals surface area (Å²) < 4.78 is 25.5. The van der Waals surface area contributed by atoms with Crippen molar-refractivity contribution in [1.29, 1.82) is 5.26 Å². The maximum absolute atomic E-state index is 12.7. The number of carbonyl (C=O) groups excluding carboxylic acids is 1. The van der Waals surface area contributed by atoms with Crippen molar-refractivity contribution in [2.45, 2.75) is 0 Å². The Labute approximate surface area is 78.1 Å². The lowest BCUT2D eigenvalue weighted by Crippen LogP contribution is -1.98. The molecular formula is C10H3F2NO. The summed E-state index contributed by atoms with van der Waals surface area (Å²) in [5.74, 6) is -2.65. The molecule has 14 heavy (non-hydrogen) atoms. The van der Waals surface area contributed by atoms with Crippen LogP contribution in [0.3, 0.4) is 0 Å². The first-order chi connectivity index (χ1) is 6.63. The zero-order valence-corrected chi connectivity index (χ0v) is 6.84. The van der Waals surface area contributed by atoms with Gasteiger partial charge in [0.1, 0.15) is 11.6 Å². The van der Waals surface area contributed by atoms with Crippen molar-refractivity contribution in [3.05, 3.63) is 40.5 Å². The number of fused-ring (bicyclic) bond motifs is 1. The van der Waals surface area contributed by atoms with Gasteiger partial charge in [-0.15, -0.1) is 0 Å². The van der Waals surface area contributed by atoms with Crippen LogP contribution in [0.5, 0.6) is 0 Å². The molecule has 0 heterocycles. The van der Waals surface area contributed by atoms with Crippen molar-refractivity contribution < 1.29 is 13.6 Å². The van der Waals surface area contributed by atoms with Crippen LogP contribution in [0.2, 0.25) is 0 Å². The van der Waals surface area contributed by atoms with E-state index < -0.39 is 17.4 Å². The zero-order chi connectivity index (χ0) is 10.3. The number of halogens is 2. The minimum Gasteiger partial charge on any atom is -0.288 e. The highest BCUT2D eigenvalue weighted by atomic mass is 19.2. The molecule has 0 N–H and O–H groups in total. The number of nitrogens with zero attached hydrogens (tertiary/aromatic N) is 1. The molecule has 1 aromatic carbocycles. The Morgan fingerprint density at radius 1 is 1.21 bits per heavy atom. The van der Waals surface area contributed by atoms with Crippen LogP contribution in [0.1, 0.15) is 15.9 Å². The van der Waals surface area contributed by atoms with E-state index in [0.717, 1.165) is 12.1 Å². The molecule has 0 aliphatic heterocycles. The van der Waals surface area contributed by atoms with Gasteiger partial charge in [-0.25, -0.2) is 8.78 Å². The van der Waals surface area contributed by atoms with E-state index >= 15 is 0 Å². The molecule has 0 aromatic heterocycles. The largest absolute Gasteiger partial charge is 0.288 e. The molecule has 0 bridgehead atoms. The van der Waals surface area contributed by atoms with Crippen molar-refractivity contribution in [2.75, 3.05) is 0 Å². The Morgan fingerprint density at radius 2 is 1.86 bits per heavy atom. The number of hydrogen-bond acceptors (Lipinski definition) is 2. The molecule has 4 heteroatoms. The van der Waals surface area contributed by atoms with Crippen molar-refractivity contribution in [3.63, 3.8) is 0 Å². The molecule has 0 atom stereocenters. The quantitative estimate of drug-likeness (QED) is 0.629. The molecule has 1 aliphatic rings. The normalized spacial score (nSPS) is 13.5. The second-order valence-electron chi connectivity index (χ2n) is 2.85. The van der Waals surface area contributed by atoms with E-state index in [4.69, 9.17) is 5.26 Å². The number of benzene rings is 1. The van der Waals surface area contributed by atoms with E-state index in [2.05, 4.69) is 0 Å². The molecule has 2 rings (SSSR count). The second kappa shape index (κ2) is 2.74. The van der Waals surface area contributed by atoms with Gasteiger partial charge in [-0.05, 0) is 23.8 Å². The summed E-state index contributed by atoms with van der Waals surface area (Å²) >= 11 is 0. The number of ketones is 1. The van der Waals surface area contributed by atoms with Crippen LogP contribution in [0, 0.1) is 23.0 Å². The highest BCUT2D eigenvalue weighted by molar-refractivity contribution is 6.20. The molecule has 0 radical (unpaired) electrons. The van der Waals surface area contributed by atoms with Crippen molar-refractivity contribution >= 4 is 11.9 Å². The second-order valence-corrected chi connectivity index (χ2v) is 2.85. The van der Waals surface area contributed by atoms with Crippen molar-refractivity contribution in [3.8, 4) is 6.07 Å². The van der Waals surface area contributed by atoms with Gasteiger partial charge in [-0.1, -0.05) is 0 Å². The summed E-state index contributed by atoms with van der Waals surface area (Å²) in [6, 6.07) is 3.39. The predicted octanol–water partition coefficient (Wildman–Crippen LogP) is 2.07. The summed E-state index contributed by atoms with van der Waals surface area (Å²) in [6.07, 6.45) is 1.25. The van der Waals surface area contributed by atoms with Crippen LogP contribution in [0.4, 0.5) is 8.78 Å². The van der Waals surface area contributed by atoms with Gasteiger partial charge in [0.25, 0.3) is 0 Å². The average molecular weight is 191 g/mol. The van der Waals surface area contributed by atoms with E-state index in [0.29, 0.717) is 0 Å². The van der Waals surface area contributed by atoms with Crippen LogP contribution in [0.15, 0.2) is 17.7 Å². The van der Waals surface area contributed by atoms with Crippen LogP contribution in [0.25, 0.3) is 6.08 Å². The average Bonchev–Trinajstić information content (AvgIpc) is 2.45. The Hall–Kier alpha value is -2.02. The molecule has 1 aliphatic carbocycles. The first-order valence-corrected chi connectivity index (χ1v) is 3.79. The number of rotatable bonds is 0. The maximum atomic E-state index is 12.7. The molecule has 0 amide bonds. The first kappa shape index (κ1) is 8.57. The number of hydrogen-bond donors (Lipinski definition) is 0. The molecule has 0 saturated heterocycles. The molecule has 0 fully saturated rings. The molecule has 1 aromatic rings.